The van der Waals surface area contributed by atoms with Crippen LogP contribution in [0.25, 0.3) is 0 Å². The molecule has 1 unspecified atom stereocenters. The number of halogens is 1. The van der Waals surface area contributed by atoms with Gasteiger partial charge in [0.25, 0.3) is 0 Å². The number of phenolic OH excluding ortho intramolecular Hbond substituents is 1. The Kier molecular flexibility index (Phi) is 4.43. The molecule has 0 bridgehead atoms. The third kappa shape index (κ3) is 3.39. The third-order valence-electron chi connectivity index (χ3n) is 2.31. The van der Waals surface area contributed by atoms with Crippen molar-refractivity contribution >= 4 is 29.3 Å². The van der Waals surface area contributed by atoms with Crippen molar-refractivity contribution in [3.8, 4) is 5.75 Å². The maximum absolute atomic E-state index is 10.9. The van der Waals surface area contributed by atoms with E-state index >= 15 is 0 Å². The molecule has 8 nitrogen and oxygen atoms in total. The van der Waals surface area contributed by atoms with E-state index in [2.05, 4.69) is 20.7 Å². The Morgan fingerprint density at radius 2 is 2.10 bits per heavy atom. The average Bonchev–Trinajstić information content (AvgIpc) is 2.42. The summed E-state index contributed by atoms with van der Waals surface area (Å²) < 4.78 is 0. The second-order valence-electron chi connectivity index (χ2n) is 3.66. The molecule has 2 rings (SSSR count). The van der Waals surface area contributed by atoms with Gasteiger partial charge in [-0.2, -0.15) is 10.3 Å². The Morgan fingerprint density at radius 1 is 1.30 bits per heavy atom. The van der Waals surface area contributed by atoms with Crippen LogP contribution in [0.15, 0.2) is 35.4 Å². The van der Waals surface area contributed by atoms with E-state index in [-0.39, 0.29) is 22.2 Å². The smallest absolute Gasteiger partial charge is 0.206 e. The third-order valence-corrected chi connectivity index (χ3v) is 2.51. The number of aromatic nitrogens is 2. The summed E-state index contributed by atoms with van der Waals surface area (Å²) in [5.74, 6) is 0.00673. The molecule has 1 aromatic heterocycles. The standard InChI is InChI=1S/C11H10ClN5O3/c12-9-4-5-10(16-14-9)15-13-6-7-2-1-3-8(11(7)18)17(19)20/h1-6,17-19H,(H,15,16). The number of quaternary nitrogens is 1. The van der Waals surface area contributed by atoms with Crippen LogP contribution in [0.3, 0.4) is 0 Å². The van der Waals surface area contributed by atoms with Gasteiger partial charge in [-0.05, 0) is 18.2 Å². The van der Waals surface area contributed by atoms with Gasteiger partial charge in [-0.1, -0.05) is 17.7 Å². The zero-order valence-corrected chi connectivity index (χ0v) is 10.7. The van der Waals surface area contributed by atoms with Crippen molar-refractivity contribution in [2.24, 2.45) is 5.10 Å². The number of nitrogens with one attached hydrogen (secondary N) is 2. The van der Waals surface area contributed by atoms with E-state index in [0.29, 0.717) is 5.82 Å². The van der Waals surface area contributed by atoms with Crippen molar-refractivity contribution in [3.63, 3.8) is 0 Å². The van der Waals surface area contributed by atoms with Crippen molar-refractivity contribution in [2.45, 2.75) is 0 Å². The largest absolute Gasteiger partial charge is 0.595 e. The van der Waals surface area contributed by atoms with Crippen molar-refractivity contribution in [1.29, 1.82) is 0 Å². The van der Waals surface area contributed by atoms with Crippen LogP contribution in [0.4, 0.5) is 11.5 Å². The SMILES string of the molecule is [O-][NH+](O)c1cccc(C=NNc2ccc(Cl)nn2)c1O. The number of anilines is 1. The molecule has 0 aliphatic heterocycles. The maximum atomic E-state index is 10.9. The molecule has 20 heavy (non-hydrogen) atoms. The summed E-state index contributed by atoms with van der Waals surface area (Å²) in [6.07, 6.45) is 1.28. The molecule has 0 saturated heterocycles. The highest BCUT2D eigenvalue weighted by Gasteiger charge is 2.10. The summed E-state index contributed by atoms with van der Waals surface area (Å²) in [6.45, 7) is 0. The lowest BCUT2D eigenvalue weighted by atomic mass is 10.2. The summed E-state index contributed by atoms with van der Waals surface area (Å²) in [4.78, 5) is 0. The number of benzene rings is 1. The van der Waals surface area contributed by atoms with E-state index in [1.54, 1.807) is 6.07 Å². The predicted molar refractivity (Wildman–Crippen MR) is 72.1 cm³/mol. The van der Waals surface area contributed by atoms with Gasteiger partial charge in [0.2, 0.25) is 5.69 Å². The lowest BCUT2D eigenvalue weighted by Gasteiger charge is -2.13. The number of hydrogen-bond donors (Lipinski definition) is 4. The lowest BCUT2D eigenvalue weighted by Crippen LogP contribution is -2.99. The summed E-state index contributed by atoms with van der Waals surface area (Å²) in [7, 11) is 0. The van der Waals surface area contributed by atoms with Gasteiger partial charge in [-0.15, -0.1) is 10.2 Å². The molecule has 0 saturated carbocycles. The van der Waals surface area contributed by atoms with Crippen LogP contribution in [-0.4, -0.2) is 26.7 Å². The van der Waals surface area contributed by atoms with Crippen LogP contribution in [0, 0.1) is 5.21 Å². The van der Waals surface area contributed by atoms with Gasteiger partial charge < -0.3 is 10.3 Å². The fourth-order valence-corrected chi connectivity index (χ4v) is 1.48. The first-order valence-corrected chi connectivity index (χ1v) is 5.79. The fraction of sp³-hybridized carbons (Fsp3) is 0. The van der Waals surface area contributed by atoms with Crippen LogP contribution < -0.4 is 10.7 Å². The van der Waals surface area contributed by atoms with Gasteiger partial charge in [0.1, 0.15) is 0 Å². The van der Waals surface area contributed by atoms with Crippen LogP contribution >= 0.6 is 11.6 Å². The summed E-state index contributed by atoms with van der Waals surface area (Å²) >= 11 is 5.58. The minimum atomic E-state index is -1.21. The van der Waals surface area contributed by atoms with Crippen molar-refractivity contribution < 1.29 is 15.5 Å². The van der Waals surface area contributed by atoms with Crippen LogP contribution in [-0.2, 0) is 0 Å². The van der Waals surface area contributed by atoms with E-state index < -0.39 is 5.23 Å². The van der Waals surface area contributed by atoms with Crippen molar-refractivity contribution in [2.75, 3.05) is 5.43 Å². The summed E-state index contributed by atoms with van der Waals surface area (Å²) in [5, 5.41) is 39.7. The normalized spacial score (nSPS) is 12.6. The first-order valence-electron chi connectivity index (χ1n) is 5.41. The van der Waals surface area contributed by atoms with Gasteiger partial charge in [0.05, 0.1) is 6.21 Å². The zero-order valence-electron chi connectivity index (χ0n) is 9.99. The lowest BCUT2D eigenvalue weighted by molar-refractivity contribution is -0.991. The quantitative estimate of drug-likeness (QED) is 0.374. The second-order valence-corrected chi connectivity index (χ2v) is 4.05. The van der Waals surface area contributed by atoms with Crippen molar-refractivity contribution in [3.05, 3.63) is 46.3 Å². The number of phenols is 1. The van der Waals surface area contributed by atoms with Gasteiger partial charge in [-0.25, -0.2) is 5.21 Å². The first-order chi connectivity index (χ1) is 9.58. The molecule has 1 atom stereocenters. The molecule has 0 fully saturated rings. The minimum absolute atomic E-state index is 0.194. The molecule has 2 aromatic rings. The highest BCUT2D eigenvalue weighted by Crippen LogP contribution is 2.22. The van der Waals surface area contributed by atoms with Gasteiger partial charge in [0.15, 0.2) is 16.7 Å². The van der Waals surface area contributed by atoms with Gasteiger partial charge in [-0.3, -0.25) is 5.43 Å². The van der Waals surface area contributed by atoms with E-state index in [4.69, 9.17) is 16.8 Å². The van der Waals surface area contributed by atoms with E-state index in [9.17, 15) is 10.3 Å². The van der Waals surface area contributed by atoms with Crippen LogP contribution in [0.2, 0.25) is 5.15 Å². The Balaban J connectivity index is 2.12. The molecule has 104 valence electrons. The number of aromatic hydroxyl groups is 1. The Hall–Kier alpha value is -2.26. The molecule has 0 aliphatic carbocycles. The summed E-state index contributed by atoms with van der Waals surface area (Å²) in [6, 6.07) is 7.44. The number of hydrogen-bond acceptors (Lipinski definition) is 7. The molecule has 0 spiro atoms. The molecule has 0 radical (unpaired) electrons. The first kappa shape index (κ1) is 14.2. The summed E-state index contributed by atoms with van der Waals surface area (Å²) in [5.41, 5.74) is 2.64. The number of para-hydroxylation sites is 1. The number of nitrogens with zero attached hydrogens (tertiary/aromatic N) is 3. The van der Waals surface area contributed by atoms with E-state index in [1.807, 2.05) is 0 Å². The van der Waals surface area contributed by atoms with Gasteiger partial charge >= 0.3 is 0 Å². The molecule has 1 heterocycles. The van der Waals surface area contributed by atoms with Gasteiger partial charge in [0, 0.05) is 11.6 Å². The van der Waals surface area contributed by atoms with E-state index in [1.165, 1.54) is 30.5 Å². The highest BCUT2D eigenvalue weighted by atomic mass is 35.5. The fourth-order valence-electron chi connectivity index (χ4n) is 1.38. The molecule has 9 heteroatoms. The zero-order chi connectivity index (χ0) is 14.5. The second kappa shape index (κ2) is 6.26. The number of hydrazone groups is 1. The predicted octanol–water partition coefficient (Wildman–Crippen LogP) is 0.685. The van der Waals surface area contributed by atoms with E-state index in [0.717, 1.165) is 0 Å². The minimum Gasteiger partial charge on any atom is -0.595 e. The maximum Gasteiger partial charge on any atom is 0.206 e. The highest BCUT2D eigenvalue weighted by molar-refractivity contribution is 6.29. The average molecular weight is 296 g/mol. The van der Waals surface area contributed by atoms with Crippen LogP contribution in [0.5, 0.6) is 5.75 Å². The molecular weight excluding hydrogens is 286 g/mol. The van der Waals surface area contributed by atoms with Crippen molar-refractivity contribution in [1.82, 2.24) is 10.2 Å². The molecule has 0 amide bonds. The molecule has 0 aliphatic rings. The molecule has 1 aromatic carbocycles. The molecule has 4 N–H and O–H groups in total. The Morgan fingerprint density at radius 3 is 2.75 bits per heavy atom. The monoisotopic (exact) mass is 295 g/mol. The van der Waals surface area contributed by atoms with Crippen LogP contribution in [0.1, 0.15) is 5.56 Å². The molecular formula is C11H10ClN5O3. The Labute approximate surface area is 118 Å². The Bertz CT molecular complexity index is 618. The topological polar surface area (TPSA) is 118 Å². The number of rotatable bonds is 4.